The van der Waals surface area contributed by atoms with E-state index >= 15 is 0 Å². The van der Waals surface area contributed by atoms with Crippen molar-refractivity contribution in [2.45, 2.75) is 19.8 Å². The molecule has 1 aromatic heterocycles. The van der Waals surface area contributed by atoms with Crippen LogP contribution in [0.25, 0.3) is 11.1 Å². The van der Waals surface area contributed by atoms with E-state index in [0.29, 0.717) is 22.7 Å². The molecule has 0 fully saturated rings. The Hall–Kier alpha value is -2.69. The van der Waals surface area contributed by atoms with Crippen LogP contribution in [0.1, 0.15) is 25.3 Å². The molecule has 1 heterocycles. The second-order valence-electron chi connectivity index (χ2n) is 5.32. The van der Waals surface area contributed by atoms with Crippen molar-refractivity contribution in [1.82, 2.24) is 4.98 Å². The Morgan fingerprint density at radius 3 is 2.71 bits per heavy atom. The van der Waals surface area contributed by atoms with E-state index < -0.39 is 5.76 Å². The van der Waals surface area contributed by atoms with Crippen molar-refractivity contribution >= 4 is 28.2 Å². The topological polar surface area (TPSA) is 84.0 Å². The fraction of sp³-hybridized carbons (Fsp3) is 0.188. The average molecular weight is 283 g/mol. The van der Waals surface area contributed by atoms with Crippen molar-refractivity contribution in [2.24, 2.45) is 0 Å². The molecule has 21 heavy (non-hydrogen) atoms. The minimum absolute atomic E-state index is 0.396. The number of nitrogens with two attached hydrogens (primary N) is 1. The van der Waals surface area contributed by atoms with E-state index in [1.54, 1.807) is 12.1 Å². The molecular formula is C16H17N3O2. The van der Waals surface area contributed by atoms with Gasteiger partial charge >= 0.3 is 5.76 Å². The summed E-state index contributed by atoms with van der Waals surface area (Å²) in [4.78, 5) is 13.9. The van der Waals surface area contributed by atoms with E-state index in [1.807, 2.05) is 18.2 Å². The van der Waals surface area contributed by atoms with Crippen molar-refractivity contribution < 1.29 is 4.42 Å². The van der Waals surface area contributed by atoms with Gasteiger partial charge in [-0.2, -0.15) is 0 Å². The van der Waals surface area contributed by atoms with Gasteiger partial charge in [0.25, 0.3) is 0 Å². The van der Waals surface area contributed by atoms with E-state index in [2.05, 4.69) is 30.2 Å². The Morgan fingerprint density at radius 2 is 1.95 bits per heavy atom. The zero-order valence-corrected chi connectivity index (χ0v) is 11.9. The second-order valence-corrected chi connectivity index (χ2v) is 5.32. The molecule has 0 atom stereocenters. The van der Waals surface area contributed by atoms with Crippen LogP contribution in [0.3, 0.4) is 0 Å². The van der Waals surface area contributed by atoms with E-state index in [0.717, 1.165) is 11.4 Å². The molecule has 0 saturated heterocycles. The number of H-pyrrole nitrogens is 1. The maximum atomic E-state index is 11.2. The summed E-state index contributed by atoms with van der Waals surface area (Å²) < 4.78 is 5.00. The molecule has 4 N–H and O–H groups in total. The van der Waals surface area contributed by atoms with Gasteiger partial charge in [-0.05, 0) is 23.6 Å². The predicted octanol–water partition coefficient (Wildman–Crippen LogP) is 3.57. The zero-order chi connectivity index (χ0) is 15.0. The molecule has 0 unspecified atom stereocenters. The van der Waals surface area contributed by atoms with E-state index in [1.165, 1.54) is 5.56 Å². The van der Waals surface area contributed by atoms with Gasteiger partial charge < -0.3 is 15.5 Å². The Kier molecular flexibility index (Phi) is 3.17. The number of nitrogens with one attached hydrogen (secondary N) is 2. The summed E-state index contributed by atoms with van der Waals surface area (Å²) in [5.74, 6) is -0.0866. The molecule has 108 valence electrons. The fourth-order valence-corrected chi connectivity index (χ4v) is 2.38. The van der Waals surface area contributed by atoms with Crippen LogP contribution in [-0.4, -0.2) is 4.98 Å². The summed E-state index contributed by atoms with van der Waals surface area (Å²) in [6, 6.07) is 11.5. The minimum Gasteiger partial charge on any atom is -0.408 e. The Bertz CT molecular complexity index is 846. The number of nitrogen functional groups attached to an aromatic ring is 1. The number of aromatic nitrogens is 1. The summed E-state index contributed by atoms with van der Waals surface area (Å²) in [7, 11) is 0. The zero-order valence-electron chi connectivity index (χ0n) is 11.9. The molecule has 0 aliphatic carbocycles. The van der Waals surface area contributed by atoms with Gasteiger partial charge in [-0.25, -0.2) is 4.79 Å². The SMILES string of the molecule is CC(C)c1ccccc1Nc1cc2[nH]c(=O)oc2cc1N. The highest BCUT2D eigenvalue weighted by atomic mass is 16.4. The number of aromatic amines is 1. The minimum atomic E-state index is -0.482. The van der Waals surface area contributed by atoms with Crippen LogP contribution >= 0.6 is 0 Å². The van der Waals surface area contributed by atoms with Crippen molar-refractivity contribution in [3.63, 3.8) is 0 Å². The van der Waals surface area contributed by atoms with Gasteiger partial charge in [0, 0.05) is 11.8 Å². The van der Waals surface area contributed by atoms with Gasteiger partial charge in [0.1, 0.15) is 0 Å². The maximum absolute atomic E-state index is 11.2. The van der Waals surface area contributed by atoms with E-state index in [-0.39, 0.29) is 0 Å². The van der Waals surface area contributed by atoms with Crippen molar-refractivity contribution in [1.29, 1.82) is 0 Å². The molecule has 0 aliphatic heterocycles. The average Bonchev–Trinajstić information content (AvgIpc) is 2.78. The quantitative estimate of drug-likeness (QED) is 0.641. The highest BCUT2D eigenvalue weighted by Crippen LogP contribution is 2.31. The molecule has 0 amide bonds. The summed E-state index contributed by atoms with van der Waals surface area (Å²) >= 11 is 0. The Morgan fingerprint density at radius 1 is 1.19 bits per heavy atom. The first-order valence-corrected chi connectivity index (χ1v) is 6.83. The highest BCUT2D eigenvalue weighted by Gasteiger charge is 2.10. The number of oxazole rings is 1. The number of rotatable bonds is 3. The first kappa shape index (κ1) is 13.3. The number of hydrogen-bond donors (Lipinski definition) is 3. The molecule has 0 aliphatic rings. The van der Waals surface area contributed by atoms with Gasteiger partial charge in [-0.1, -0.05) is 32.0 Å². The summed E-state index contributed by atoms with van der Waals surface area (Å²) in [5.41, 5.74) is 10.6. The largest absolute Gasteiger partial charge is 0.417 e. The molecule has 2 aromatic carbocycles. The summed E-state index contributed by atoms with van der Waals surface area (Å²) in [6.45, 7) is 4.28. The number of fused-ring (bicyclic) bond motifs is 1. The van der Waals surface area contributed by atoms with Crippen molar-refractivity contribution in [3.05, 3.63) is 52.5 Å². The van der Waals surface area contributed by atoms with Gasteiger partial charge in [0.2, 0.25) is 0 Å². The monoisotopic (exact) mass is 283 g/mol. The number of anilines is 3. The second kappa shape index (κ2) is 5.01. The molecule has 5 nitrogen and oxygen atoms in total. The van der Waals surface area contributed by atoms with Crippen molar-refractivity contribution in [2.75, 3.05) is 11.1 Å². The summed E-state index contributed by atoms with van der Waals surface area (Å²) in [5, 5.41) is 3.33. The van der Waals surface area contributed by atoms with E-state index in [4.69, 9.17) is 10.2 Å². The molecule has 0 saturated carbocycles. The lowest BCUT2D eigenvalue weighted by atomic mass is 10.0. The third-order valence-corrected chi connectivity index (χ3v) is 3.44. The molecule has 3 aromatic rings. The van der Waals surface area contributed by atoms with Crippen LogP contribution in [0.4, 0.5) is 17.1 Å². The third kappa shape index (κ3) is 2.50. The highest BCUT2D eigenvalue weighted by molar-refractivity contribution is 5.87. The summed E-state index contributed by atoms with van der Waals surface area (Å²) in [6.07, 6.45) is 0. The van der Waals surface area contributed by atoms with Gasteiger partial charge in [-0.3, -0.25) is 4.98 Å². The van der Waals surface area contributed by atoms with Crippen LogP contribution < -0.4 is 16.8 Å². The Labute approximate surface area is 121 Å². The van der Waals surface area contributed by atoms with Gasteiger partial charge in [-0.15, -0.1) is 0 Å². The van der Waals surface area contributed by atoms with Gasteiger partial charge in [0.05, 0.1) is 16.9 Å². The standard InChI is InChI=1S/C16H17N3O2/c1-9(2)10-5-3-4-6-12(10)18-13-8-14-15(7-11(13)17)21-16(20)19-14/h3-9,18H,17H2,1-2H3,(H,19,20). The number of benzene rings is 2. The third-order valence-electron chi connectivity index (χ3n) is 3.44. The van der Waals surface area contributed by atoms with Crippen LogP contribution in [-0.2, 0) is 0 Å². The molecule has 0 spiro atoms. The fourth-order valence-electron chi connectivity index (χ4n) is 2.38. The molecule has 0 radical (unpaired) electrons. The Balaban J connectivity index is 2.05. The van der Waals surface area contributed by atoms with Crippen molar-refractivity contribution in [3.8, 4) is 0 Å². The van der Waals surface area contributed by atoms with E-state index in [9.17, 15) is 4.79 Å². The van der Waals surface area contributed by atoms with Crippen LogP contribution in [0.5, 0.6) is 0 Å². The lowest BCUT2D eigenvalue weighted by Crippen LogP contribution is -2.00. The molecular weight excluding hydrogens is 266 g/mol. The first-order chi connectivity index (χ1) is 10.0. The lowest BCUT2D eigenvalue weighted by Gasteiger charge is -2.15. The number of hydrogen-bond acceptors (Lipinski definition) is 4. The smallest absolute Gasteiger partial charge is 0.408 e. The molecule has 5 heteroatoms. The lowest BCUT2D eigenvalue weighted by molar-refractivity contribution is 0.555. The number of para-hydroxylation sites is 1. The van der Waals surface area contributed by atoms with Crippen LogP contribution in [0, 0.1) is 0 Å². The molecule has 0 bridgehead atoms. The van der Waals surface area contributed by atoms with Crippen LogP contribution in [0.15, 0.2) is 45.6 Å². The normalized spacial score (nSPS) is 11.2. The first-order valence-electron chi connectivity index (χ1n) is 6.83. The van der Waals surface area contributed by atoms with Crippen LogP contribution in [0.2, 0.25) is 0 Å². The van der Waals surface area contributed by atoms with Gasteiger partial charge in [0.15, 0.2) is 5.58 Å². The predicted molar refractivity (Wildman–Crippen MR) is 85.1 cm³/mol. The maximum Gasteiger partial charge on any atom is 0.417 e. The molecule has 3 rings (SSSR count).